The van der Waals surface area contributed by atoms with Gasteiger partial charge in [-0.2, -0.15) is 0 Å². The molecule has 0 radical (unpaired) electrons. The highest BCUT2D eigenvalue weighted by atomic mass is 16.5. The van der Waals surface area contributed by atoms with Gasteiger partial charge in [0, 0.05) is 23.5 Å². The molecule has 2 aromatic rings. The second-order valence-corrected chi connectivity index (χ2v) is 9.00. The van der Waals surface area contributed by atoms with Crippen molar-refractivity contribution in [3.8, 4) is 11.5 Å². The quantitative estimate of drug-likeness (QED) is 0.686. The summed E-state index contributed by atoms with van der Waals surface area (Å²) < 4.78 is 11.2. The van der Waals surface area contributed by atoms with E-state index in [0.717, 1.165) is 50.3 Å². The van der Waals surface area contributed by atoms with Crippen molar-refractivity contribution in [2.24, 2.45) is 5.92 Å². The molecule has 1 saturated carbocycles. The van der Waals surface area contributed by atoms with E-state index in [9.17, 15) is 4.79 Å². The maximum atomic E-state index is 12.7. The van der Waals surface area contributed by atoms with Gasteiger partial charge in [0.25, 0.3) is 0 Å². The molecule has 0 bridgehead atoms. The number of carbonyl (C=O) groups excluding carboxylic acids is 1. The van der Waals surface area contributed by atoms with Crippen LogP contribution in [0.4, 0.5) is 0 Å². The predicted octanol–water partition coefficient (Wildman–Crippen LogP) is 3.00. The van der Waals surface area contributed by atoms with Crippen molar-refractivity contribution < 1.29 is 19.2 Å². The molecule has 1 amide bonds. The summed E-state index contributed by atoms with van der Waals surface area (Å²) in [7, 11) is 3.37. The Balaban J connectivity index is 1.70. The smallest absolute Gasteiger partial charge is 0.223 e. The van der Waals surface area contributed by atoms with Crippen LogP contribution in [-0.4, -0.2) is 32.7 Å². The Morgan fingerprint density at radius 2 is 1.81 bits per heavy atom. The Morgan fingerprint density at radius 1 is 1.13 bits per heavy atom. The lowest BCUT2D eigenvalue weighted by Crippen LogP contribution is -3.13. The standard InChI is InChI=1S/C26H34N2O3/c1-5-22(27-26(29)19-10-11-19)25-21-15-24(31-4)23(30-3)14-20(21)12-13-28(25)16-18-8-6-17(2)7-9-18/h6-9,14-15,19,22,25H,5,10-13,16H2,1-4H3,(H,27,29)/p+1/t22-,25+/m0/s1. The van der Waals surface area contributed by atoms with Crippen LogP contribution < -0.4 is 19.7 Å². The highest BCUT2D eigenvalue weighted by Crippen LogP contribution is 2.36. The van der Waals surface area contributed by atoms with Crippen LogP contribution in [0.3, 0.4) is 0 Å². The van der Waals surface area contributed by atoms with Crippen LogP contribution in [0.5, 0.6) is 11.5 Å². The van der Waals surface area contributed by atoms with Gasteiger partial charge in [0.2, 0.25) is 5.91 Å². The van der Waals surface area contributed by atoms with Crippen molar-refractivity contribution in [1.82, 2.24) is 5.32 Å². The third-order valence-electron chi connectivity index (χ3n) is 6.81. The number of aryl methyl sites for hydroxylation is 1. The Kier molecular flexibility index (Phi) is 6.51. The van der Waals surface area contributed by atoms with Crippen LogP contribution in [0.2, 0.25) is 0 Å². The van der Waals surface area contributed by atoms with Gasteiger partial charge in [-0.3, -0.25) is 4.79 Å². The number of ether oxygens (including phenoxy) is 2. The molecule has 31 heavy (non-hydrogen) atoms. The summed E-state index contributed by atoms with van der Waals surface area (Å²) in [5, 5.41) is 3.40. The van der Waals surface area contributed by atoms with Gasteiger partial charge in [0.15, 0.2) is 11.5 Å². The molecule has 1 aliphatic heterocycles. The molecule has 3 atom stereocenters. The Morgan fingerprint density at radius 3 is 2.42 bits per heavy atom. The average molecular weight is 424 g/mol. The normalized spacial score (nSPS) is 21.2. The van der Waals surface area contributed by atoms with E-state index < -0.39 is 0 Å². The summed E-state index contributed by atoms with van der Waals surface area (Å²) in [6.45, 7) is 6.26. The highest BCUT2D eigenvalue weighted by Gasteiger charge is 2.40. The topological polar surface area (TPSA) is 52.0 Å². The molecular formula is C26H35N2O3+. The summed E-state index contributed by atoms with van der Waals surface area (Å²) in [4.78, 5) is 14.2. The monoisotopic (exact) mass is 423 g/mol. The number of fused-ring (bicyclic) bond motifs is 1. The van der Waals surface area contributed by atoms with Gasteiger partial charge in [-0.15, -0.1) is 0 Å². The van der Waals surface area contributed by atoms with E-state index in [1.807, 2.05) is 0 Å². The number of rotatable bonds is 8. The number of benzene rings is 2. The summed E-state index contributed by atoms with van der Waals surface area (Å²) in [5.74, 6) is 1.96. The minimum atomic E-state index is 0.0886. The molecule has 5 nitrogen and oxygen atoms in total. The van der Waals surface area contributed by atoms with Gasteiger partial charge < -0.3 is 19.7 Å². The largest absolute Gasteiger partial charge is 0.493 e. The molecule has 2 N–H and O–H groups in total. The van der Waals surface area contributed by atoms with Gasteiger partial charge in [-0.05, 0) is 43.9 Å². The van der Waals surface area contributed by atoms with Gasteiger partial charge >= 0.3 is 0 Å². The van der Waals surface area contributed by atoms with E-state index in [1.165, 1.54) is 27.2 Å². The first kappa shape index (κ1) is 21.7. The Hall–Kier alpha value is -2.53. The summed E-state index contributed by atoms with van der Waals surface area (Å²) in [6, 6.07) is 13.4. The van der Waals surface area contributed by atoms with Crippen molar-refractivity contribution >= 4 is 5.91 Å². The van der Waals surface area contributed by atoms with Crippen LogP contribution in [0.25, 0.3) is 0 Å². The lowest BCUT2D eigenvalue weighted by molar-refractivity contribution is -0.948. The SMILES string of the molecule is CC[C@H](NC(=O)C1CC1)[C@H]1c2cc(OC)c(OC)cc2CC[NH+]1Cc1ccc(C)cc1. The number of hydrogen-bond acceptors (Lipinski definition) is 3. The Labute approximate surface area is 185 Å². The van der Waals surface area contributed by atoms with Crippen molar-refractivity contribution in [3.63, 3.8) is 0 Å². The second kappa shape index (κ2) is 9.31. The maximum absolute atomic E-state index is 12.7. The molecule has 166 valence electrons. The van der Waals surface area contributed by atoms with Gasteiger partial charge in [0.1, 0.15) is 12.6 Å². The number of nitrogens with one attached hydrogen (secondary N) is 2. The molecule has 1 aliphatic carbocycles. The number of methoxy groups -OCH3 is 2. The fraction of sp³-hybridized carbons (Fsp3) is 0.500. The third-order valence-corrected chi connectivity index (χ3v) is 6.81. The van der Waals surface area contributed by atoms with Crippen LogP contribution in [0, 0.1) is 12.8 Å². The average Bonchev–Trinajstić information content (AvgIpc) is 3.63. The van der Waals surface area contributed by atoms with Crippen LogP contribution >= 0.6 is 0 Å². The van der Waals surface area contributed by atoms with E-state index in [2.05, 4.69) is 55.6 Å². The Bertz CT molecular complexity index is 921. The van der Waals surface area contributed by atoms with Crippen LogP contribution in [-0.2, 0) is 17.8 Å². The second-order valence-electron chi connectivity index (χ2n) is 9.00. The molecule has 5 heteroatoms. The summed E-state index contributed by atoms with van der Waals surface area (Å²) in [5.41, 5.74) is 5.18. The van der Waals surface area contributed by atoms with Crippen molar-refractivity contribution in [3.05, 3.63) is 58.7 Å². The molecule has 0 spiro atoms. The molecule has 2 aromatic carbocycles. The van der Waals surface area contributed by atoms with Gasteiger partial charge in [-0.25, -0.2) is 0 Å². The van der Waals surface area contributed by atoms with Gasteiger partial charge in [0.05, 0.1) is 26.8 Å². The van der Waals surface area contributed by atoms with E-state index in [1.54, 1.807) is 14.2 Å². The van der Waals surface area contributed by atoms with Crippen molar-refractivity contribution in [1.29, 1.82) is 0 Å². The number of hydrogen-bond donors (Lipinski definition) is 2. The first-order valence-electron chi connectivity index (χ1n) is 11.5. The van der Waals surface area contributed by atoms with Crippen molar-refractivity contribution in [2.45, 2.75) is 58.2 Å². The minimum absolute atomic E-state index is 0.0886. The summed E-state index contributed by atoms with van der Waals surface area (Å²) >= 11 is 0. The number of amides is 1. The molecule has 1 fully saturated rings. The van der Waals surface area contributed by atoms with E-state index >= 15 is 0 Å². The molecule has 1 heterocycles. The van der Waals surface area contributed by atoms with E-state index in [-0.39, 0.29) is 23.9 Å². The van der Waals surface area contributed by atoms with E-state index in [0.29, 0.717) is 0 Å². The van der Waals surface area contributed by atoms with E-state index in [4.69, 9.17) is 9.47 Å². The van der Waals surface area contributed by atoms with Crippen LogP contribution in [0.1, 0.15) is 54.5 Å². The molecular weight excluding hydrogens is 388 g/mol. The van der Waals surface area contributed by atoms with Crippen LogP contribution in [0.15, 0.2) is 36.4 Å². The number of carbonyl (C=O) groups is 1. The predicted molar refractivity (Wildman–Crippen MR) is 122 cm³/mol. The maximum Gasteiger partial charge on any atom is 0.223 e. The first-order valence-corrected chi connectivity index (χ1v) is 11.5. The third kappa shape index (κ3) is 4.72. The fourth-order valence-corrected chi connectivity index (χ4v) is 4.85. The number of quaternary nitrogens is 1. The molecule has 0 aromatic heterocycles. The zero-order valence-electron chi connectivity index (χ0n) is 19.2. The molecule has 2 aliphatic rings. The van der Waals surface area contributed by atoms with Gasteiger partial charge in [-0.1, -0.05) is 36.8 Å². The minimum Gasteiger partial charge on any atom is -0.493 e. The molecule has 0 saturated heterocycles. The lowest BCUT2D eigenvalue weighted by atomic mass is 9.86. The molecule has 4 rings (SSSR count). The zero-order chi connectivity index (χ0) is 22.0. The lowest BCUT2D eigenvalue weighted by Gasteiger charge is -2.39. The van der Waals surface area contributed by atoms with Crippen molar-refractivity contribution in [2.75, 3.05) is 20.8 Å². The highest BCUT2D eigenvalue weighted by molar-refractivity contribution is 5.81. The summed E-state index contributed by atoms with van der Waals surface area (Å²) in [6.07, 6.45) is 3.93. The zero-order valence-corrected chi connectivity index (χ0v) is 19.2. The molecule has 1 unspecified atom stereocenters. The fourth-order valence-electron chi connectivity index (χ4n) is 4.85. The first-order chi connectivity index (χ1) is 15.0.